The zero-order chi connectivity index (χ0) is 9.54. The molecule has 3 nitrogen and oxygen atoms in total. The van der Waals surface area contributed by atoms with Gasteiger partial charge in [0.2, 0.25) is 0 Å². The van der Waals surface area contributed by atoms with Gasteiger partial charge in [-0.2, -0.15) is 5.10 Å². The lowest BCUT2D eigenvalue weighted by atomic mass is 9.90. The van der Waals surface area contributed by atoms with Crippen LogP contribution in [0.2, 0.25) is 0 Å². The number of aromatic nitrogens is 2. The zero-order valence-corrected chi connectivity index (χ0v) is 7.62. The maximum Gasteiger partial charge on any atom is 0.119 e. The largest absolute Gasteiger partial charge is 0.508 e. The van der Waals surface area contributed by atoms with Gasteiger partial charge in [0.25, 0.3) is 0 Å². The van der Waals surface area contributed by atoms with Crippen molar-refractivity contribution in [1.82, 2.24) is 10.2 Å². The van der Waals surface area contributed by atoms with E-state index >= 15 is 0 Å². The minimum atomic E-state index is 0.391. The number of aromatic hydroxyl groups is 1. The van der Waals surface area contributed by atoms with E-state index in [1.165, 1.54) is 5.56 Å². The van der Waals surface area contributed by atoms with Gasteiger partial charge in [-0.15, -0.1) is 0 Å². The molecule has 2 aromatic rings. The van der Waals surface area contributed by atoms with Crippen LogP contribution in [0.3, 0.4) is 0 Å². The molecule has 0 unspecified atom stereocenters. The van der Waals surface area contributed by atoms with Gasteiger partial charge in [-0.25, -0.2) is 0 Å². The first kappa shape index (κ1) is 7.62. The van der Waals surface area contributed by atoms with E-state index in [-0.39, 0.29) is 0 Å². The van der Waals surface area contributed by atoms with E-state index in [1.54, 1.807) is 6.07 Å². The van der Waals surface area contributed by atoms with Gasteiger partial charge >= 0.3 is 0 Å². The third-order valence-electron chi connectivity index (χ3n) is 2.78. The van der Waals surface area contributed by atoms with Crippen molar-refractivity contribution < 1.29 is 5.11 Å². The van der Waals surface area contributed by atoms with Crippen molar-refractivity contribution in [2.24, 2.45) is 0 Å². The van der Waals surface area contributed by atoms with Gasteiger partial charge in [0.05, 0.1) is 11.9 Å². The second-order valence-electron chi connectivity index (χ2n) is 3.57. The molecule has 0 fully saturated rings. The number of hydrogen-bond donors (Lipinski definition) is 2. The Bertz CT molecular complexity index is 488. The number of H-pyrrole nitrogens is 1. The second kappa shape index (κ2) is 2.61. The number of nitrogens with zero attached hydrogens (tertiary/aromatic N) is 1. The lowest BCUT2D eigenvalue weighted by Crippen LogP contribution is -2.02. The maximum atomic E-state index is 9.69. The van der Waals surface area contributed by atoms with Crippen LogP contribution in [-0.4, -0.2) is 15.3 Å². The van der Waals surface area contributed by atoms with Crippen LogP contribution in [0.4, 0.5) is 0 Å². The molecule has 0 saturated carbocycles. The van der Waals surface area contributed by atoms with E-state index in [4.69, 9.17) is 0 Å². The number of rotatable bonds is 0. The standard InChI is InChI=1S/C11H10N2O/c14-10-3-1-2-9-8(10)5-4-7-6-12-13-11(7)9/h1-3,6,14H,4-5H2,(H,12,13). The summed E-state index contributed by atoms with van der Waals surface area (Å²) in [6.07, 6.45) is 3.72. The Kier molecular flexibility index (Phi) is 1.42. The number of phenols is 1. The number of aromatic amines is 1. The minimum Gasteiger partial charge on any atom is -0.508 e. The average Bonchev–Trinajstić information content (AvgIpc) is 2.66. The predicted octanol–water partition coefficient (Wildman–Crippen LogP) is 1.88. The van der Waals surface area contributed by atoms with Crippen LogP contribution in [0.5, 0.6) is 5.75 Å². The summed E-state index contributed by atoms with van der Waals surface area (Å²) >= 11 is 0. The molecule has 0 bridgehead atoms. The maximum absolute atomic E-state index is 9.69. The Morgan fingerprint density at radius 3 is 3.14 bits per heavy atom. The van der Waals surface area contributed by atoms with Crippen LogP contribution in [0, 0.1) is 0 Å². The van der Waals surface area contributed by atoms with Gasteiger partial charge < -0.3 is 5.11 Å². The molecular formula is C11H10N2O. The fraction of sp³-hybridized carbons (Fsp3) is 0.182. The van der Waals surface area contributed by atoms with Crippen LogP contribution < -0.4 is 0 Å². The van der Waals surface area contributed by atoms with E-state index in [2.05, 4.69) is 10.2 Å². The lowest BCUT2D eigenvalue weighted by Gasteiger charge is -2.16. The second-order valence-corrected chi connectivity index (χ2v) is 3.57. The monoisotopic (exact) mass is 186 g/mol. The summed E-state index contributed by atoms with van der Waals surface area (Å²) in [7, 11) is 0. The number of phenolic OH excluding ortho intramolecular Hbond substituents is 1. The van der Waals surface area contributed by atoms with E-state index in [0.29, 0.717) is 5.75 Å². The highest BCUT2D eigenvalue weighted by Gasteiger charge is 2.19. The highest BCUT2D eigenvalue weighted by Crippen LogP contribution is 2.35. The molecule has 3 rings (SSSR count). The van der Waals surface area contributed by atoms with E-state index < -0.39 is 0 Å². The molecular weight excluding hydrogens is 176 g/mol. The van der Waals surface area contributed by atoms with Crippen molar-refractivity contribution in [3.63, 3.8) is 0 Å². The Labute approximate surface area is 81.4 Å². The van der Waals surface area contributed by atoms with Crippen LogP contribution in [0.25, 0.3) is 11.3 Å². The minimum absolute atomic E-state index is 0.391. The third kappa shape index (κ3) is 0.894. The summed E-state index contributed by atoms with van der Waals surface area (Å²) in [5.41, 5.74) is 4.42. The van der Waals surface area contributed by atoms with Crippen molar-refractivity contribution >= 4 is 0 Å². The molecule has 0 atom stereocenters. The molecule has 1 aromatic heterocycles. The van der Waals surface area contributed by atoms with Gasteiger partial charge in [-0.1, -0.05) is 12.1 Å². The molecule has 2 N–H and O–H groups in total. The number of hydrogen-bond acceptors (Lipinski definition) is 2. The molecule has 0 saturated heterocycles. The van der Waals surface area contributed by atoms with Crippen LogP contribution >= 0.6 is 0 Å². The van der Waals surface area contributed by atoms with Gasteiger partial charge in [0.15, 0.2) is 0 Å². The van der Waals surface area contributed by atoms with E-state index in [1.807, 2.05) is 18.3 Å². The molecule has 1 aliphatic carbocycles. The Morgan fingerprint density at radius 1 is 1.29 bits per heavy atom. The van der Waals surface area contributed by atoms with E-state index in [0.717, 1.165) is 29.7 Å². The Morgan fingerprint density at radius 2 is 2.21 bits per heavy atom. The summed E-state index contributed by atoms with van der Waals surface area (Å²) in [5.74, 6) is 0.391. The van der Waals surface area contributed by atoms with Crippen molar-refractivity contribution in [2.45, 2.75) is 12.8 Å². The third-order valence-corrected chi connectivity index (χ3v) is 2.78. The first-order valence-corrected chi connectivity index (χ1v) is 4.70. The van der Waals surface area contributed by atoms with Crippen molar-refractivity contribution in [3.8, 4) is 17.0 Å². The van der Waals surface area contributed by atoms with Gasteiger partial charge in [0, 0.05) is 11.1 Å². The molecule has 0 aliphatic heterocycles. The molecule has 1 heterocycles. The smallest absolute Gasteiger partial charge is 0.119 e. The van der Waals surface area contributed by atoms with Gasteiger partial charge in [0.1, 0.15) is 5.75 Å². The van der Waals surface area contributed by atoms with Crippen LogP contribution in [-0.2, 0) is 12.8 Å². The summed E-state index contributed by atoms with van der Waals surface area (Å²) in [5, 5.41) is 16.7. The van der Waals surface area contributed by atoms with Crippen molar-refractivity contribution in [3.05, 3.63) is 35.5 Å². The number of aryl methyl sites for hydroxylation is 1. The Hall–Kier alpha value is -1.77. The summed E-state index contributed by atoms with van der Waals surface area (Å²) < 4.78 is 0. The molecule has 14 heavy (non-hydrogen) atoms. The predicted molar refractivity (Wildman–Crippen MR) is 53.1 cm³/mol. The number of fused-ring (bicyclic) bond motifs is 3. The summed E-state index contributed by atoms with van der Waals surface area (Å²) in [4.78, 5) is 0. The fourth-order valence-corrected chi connectivity index (χ4v) is 2.07. The molecule has 0 radical (unpaired) electrons. The average molecular weight is 186 g/mol. The Balaban J connectivity index is 2.31. The van der Waals surface area contributed by atoms with Crippen LogP contribution in [0.15, 0.2) is 24.4 Å². The molecule has 70 valence electrons. The first-order chi connectivity index (χ1) is 6.86. The summed E-state index contributed by atoms with van der Waals surface area (Å²) in [6, 6.07) is 5.62. The SMILES string of the molecule is Oc1cccc2c1CCc1cn[nH]c1-2. The first-order valence-electron chi connectivity index (χ1n) is 4.70. The summed E-state index contributed by atoms with van der Waals surface area (Å²) in [6.45, 7) is 0. The molecule has 0 spiro atoms. The van der Waals surface area contributed by atoms with Crippen molar-refractivity contribution in [2.75, 3.05) is 0 Å². The highest BCUT2D eigenvalue weighted by molar-refractivity contribution is 5.71. The van der Waals surface area contributed by atoms with Crippen molar-refractivity contribution in [1.29, 1.82) is 0 Å². The highest BCUT2D eigenvalue weighted by atomic mass is 16.3. The van der Waals surface area contributed by atoms with Gasteiger partial charge in [-0.3, -0.25) is 5.10 Å². The molecule has 1 aromatic carbocycles. The van der Waals surface area contributed by atoms with Crippen LogP contribution in [0.1, 0.15) is 11.1 Å². The molecule has 3 heteroatoms. The van der Waals surface area contributed by atoms with E-state index in [9.17, 15) is 5.11 Å². The molecule has 0 amide bonds. The lowest BCUT2D eigenvalue weighted by molar-refractivity contribution is 0.468. The number of benzene rings is 1. The topological polar surface area (TPSA) is 48.9 Å². The zero-order valence-electron chi connectivity index (χ0n) is 7.62. The quantitative estimate of drug-likeness (QED) is 0.660. The molecule has 1 aliphatic rings. The normalized spacial score (nSPS) is 13.4. The van der Waals surface area contributed by atoms with Gasteiger partial charge in [-0.05, 0) is 24.5 Å². The fourth-order valence-electron chi connectivity index (χ4n) is 2.07. The number of nitrogens with one attached hydrogen (secondary N) is 1.